The van der Waals surface area contributed by atoms with Crippen LogP contribution in [0.25, 0.3) is 16.4 Å². The largest absolute Gasteiger partial charge is 0.466 e. The van der Waals surface area contributed by atoms with Gasteiger partial charge in [0.05, 0.1) is 24.1 Å². The van der Waals surface area contributed by atoms with E-state index in [0.29, 0.717) is 27.9 Å². The first kappa shape index (κ1) is 16.8. The highest BCUT2D eigenvalue weighted by molar-refractivity contribution is 5.86. The van der Waals surface area contributed by atoms with Crippen molar-refractivity contribution >= 4 is 22.4 Å². The Labute approximate surface area is 153 Å². The number of nitrogens with zero attached hydrogens (tertiary/aromatic N) is 6. The van der Waals surface area contributed by atoms with E-state index in [0.717, 1.165) is 0 Å². The van der Waals surface area contributed by atoms with E-state index in [9.17, 15) is 9.59 Å². The van der Waals surface area contributed by atoms with Gasteiger partial charge in [-0.25, -0.2) is 19.2 Å². The molecule has 0 bridgehead atoms. The Bertz CT molecular complexity index is 1160. The summed E-state index contributed by atoms with van der Waals surface area (Å²) in [6.07, 6.45) is 3.14. The van der Waals surface area contributed by atoms with Crippen molar-refractivity contribution in [3.8, 4) is 0 Å². The van der Waals surface area contributed by atoms with Gasteiger partial charge < -0.3 is 4.74 Å². The molecule has 4 aromatic rings. The molecule has 0 amide bonds. The van der Waals surface area contributed by atoms with Gasteiger partial charge in [-0.2, -0.15) is 5.10 Å². The summed E-state index contributed by atoms with van der Waals surface area (Å²) < 4.78 is 7.83. The second kappa shape index (κ2) is 6.94. The molecule has 3 aromatic heterocycles. The molecule has 0 aliphatic carbocycles. The molecule has 0 atom stereocenters. The van der Waals surface area contributed by atoms with E-state index in [4.69, 9.17) is 4.74 Å². The van der Waals surface area contributed by atoms with Crippen LogP contribution >= 0.6 is 0 Å². The van der Waals surface area contributed by atoms with Gasteiger partial charge in [0.15, 0.2) is 11.5 Å². The summed E-state index contributed by atoms with van der Waals surface area (Å²) in [4.78, 5) is 33.1. The van der Waals surface area contributed by atoms with E-state index in [-0.39, 0.29) is 25.1 Å². The molecule has 136 valence electrons. The molecule has 1 aromatic carbocycles. The van der Waals surface area contributed by atoms with Crippen LogP contribution < -0.4 is 5.56 Å². The zero-order valence-corrected chi connectivity index (χ0v) is 14.6. The van der Waals surface area contributed by atoms with E-state index >= 15 is 0 Å². The summed E-state index contributed by atoms with van der Waals surface area (Å²) in [7, 11) is 0. The van der Waals surface area contributed by atoms with Crippen molar-refractivity contribution in [1.29, 1.82) is 0 Å². The lowest BCUT2D eigenvalue weighted by Gasteiger charge is -2.09. The van der Waals surface area contributed by atoms with Gasteiger partial charge in [0.2, 0.25) is 0 Å². The number of ether oxygens (including phenoxy) is 1. The zero-order chi connectivity index (χ0) is 18.8. The minimum absolute atomic E-state index is 0.0167. The number of hydrogen-bond donors (Lipinski definition) is 0. The van der Waals surface area contributed by atoms with Gasteiger partial charge in [-0.1, -0.05) is 18.2 Å². The predicted octanol–water partition coefficient (Wildman–Crippen LogP) is 0.988. The molecular formula is C18H16N6O3. The Hall–Kier alpha value is -3.62. The average Bonchev–Trinajstić information content (AvgIpc) is 3.08. The van der Waals surface area contributed by atoms with Crippen LogP contribution in [0.5, 0.6) is 0 Å². The summed E-state index contributed by atoms with van der Waals surface area (Å²) in [6, 6.07) is 8.79. The SMILES string of the molecule is CCOC(=O)Cc1nn(Cc2nc3ccncn3n2)c(=O)c2ccccc12. The molecule has 3 heterocycles. The van der Waals surface area contributed by atoms with Gasteiger partial charge >= 0.3 is 5.97 Å². The molecule has 0 fully saturated rings. The van der Waals surface area contributed by atoms with E-state index in [1.165, 1.54) is 15.5 Å². The molecule has 0 spiro atoms. The first-order valence-electron chi connectivity index (χ1n) is 8.45. The highest BCUT2D eigenvalue weighted by Crippen LogP contribution is 2.14. The Kier molecular flexibility index (Phi) is 4.33. The monoisotopic (exact) mass is 364 g/mol. The van der Waals surface area contributed by atoms with E-state index < -0.39 is 5.97 Å². The maximum Gasteiger partial charge on any atom is 0.311 e. The molecule has 0 radical (unpaired) electrons. The second-order valence-corrected chi connectivity index (χ2v) is 5.85. The van der Waals surface area contributed by atoms with E-state index in [1.807, 2.05) is 0 Å². The van der Waals surface area contributed by atoms with Crippen molar-refractivity contribution in [3.05, 3.63) is 64.7 Å². The van der Waals surface area contributed by atoms with Crippen molar-refractivity contribution < 1.29 is 9.53 Å². The van der Waals surface area contributed by atoms with Crippen LogP contribution in [0.1, 0.15) is 18.4 Å². The number of aromatic nitrogens is 6. The lowest BCUT2D eigenvalue weighted by molar-refractivity contribution is -0.142. The van der Waals surface area contributed by atoms with E-state index in [2.05, 4.69) is 20.2 Å². The van der Waals surface area contributed by atoms with Crippen molar-refractivity contribution in [2.45, 2.75) is 19.9 Å². The fraction of sp³-hybridized carbons (Fsp3) is 0.222. The fourth-order valence-electron chi connectivity index (χ4n) is 2.88. The zero-order valence-electron chi connectivity index (χ0n) is 14.6. The van der Waals surface area contributed by atoms with Gasteiger partial charge in [0.1, 0.15) is 12.9 Å². The summed E-state index contributed by atoms with van der Waals surface area (Å²) in [5.74, 6) is 0.0345. The standard InChI is InChI=1S/C18H16N6O3/c1-2-27-17(25)9-14-12-5-3-4-6-13(12)18(26)23(21-14)10-15-20-16-7-8-19-11-24(16)22-15/h3-8,11H,2,9-10H2,1H3. The summed E-state index contributed by atoms with van der Waals surface area (Å²) in [6.45, 7) is 2.12. The summed E-state index contributed by atoms with van der Waals surface area (Å²) >= 11 is 0. The molecule has 4 rings (SSSR count). The number of esters is 1. The van der Waals surface area contributed by atoms with Crippen LogP contribution in [0.15, 0.2) is 47.7 Å². The van der Waals surface area contributed by atoms with Crippen molar-refractivity contribution in [1.82, 2.24) is 29.4 Å². The quantitative estimate of drug-likeness (QED) is 0.486. The number of carbonyl (C=O) groups is 1. The van der Waals surface area contributed by atoms with Crippen LogP contribution in [0, 0.1) is 0 Å². The Morgan fingerprint density at radius 1 is 1.15 bits per heavy atom. The summed E-state index contributed by atoms with van der Waals surface area (Å²) in [5, 5.41) is 9.81. The van der Waals surface area contributed by atoms with Gasteiger partial charge in [0.25, 0.3) is 5.56 Å². The number of carbonyl (C=O) groups excluding carboxylic acids is 1. The van der Waals surface area contributed by atoms with Crippen LogP contribution in [0.3, 0.4) is 0 Å². The molecule has 9 nitrogen and oxygen atoms in total. The molecule has 0 saturated heterocycles. The second-order valence-electron chi connectivity index (χ2n) is 5.85. The van der Waals surface area contributed by atoms with Crippen molar-refractivity contribution in [3.63, 3.8) is 0 Å². The number of fused-ring (bicyclic) bond motifs is 2. The Morgan fingerprint density at radius 3 is 2.74 bits per heavy atom. The van der Waals surface area contributed by atoms with Crippen LogP contribution in [-0.2, 0) is 22.5 Å². The third kappa shape index (κ3) is 3.26. The molecule has 0 unspecified atom stereocenters. The van der Waals surface area contributed by atoms with Crippen LogP contribution in [-0.4, -0.2) is 41.9 Å². The number of rotatable bonds is 5. The van der Waals surface area contributed by atoms with E-state index in [1.54, 1.807) is 43.5 Å². The van der Waals surface area contributed by atoms with Crippen molar-refractivity contribution in [2.24, 2.45) is 0 Å². The highest BCUT2D eigenvalue weighted by atomic mass is 16.5. The van der Waals surface area contributed by atoms with Gasteiger partial charge in [-0.3, -0.25) is 9.59 Å². The lowest BCUT2D eigenvalue weighted by Crippen LogP contribution is -2.26. The minimum atomic E-state index is -0.391. The molecule has 0 saturated carbocycles. The fourth-order valence-corrected chi connectivity index (χ4v) is 2.88. The van der Waals surface area contributed by atoms with Crippen molar-refractivity contribution in [2.75, 3.05) is 6.61 Å². The Balaban J connectivity index is 1.78. The average molecular weight is 364 g/mol. The smallest absolute Gasteiger partial charge is 0.311 e. The molecule has 0 aliphatic rings. The Morgan fingerprint density at radius 2 is 1.96 bits per heavy atom. The third-order valence-corrected chi connectivity index (χ3v) is 4.04. The molecule has 0 aliphatic heterocycles. The predicted molar refractivity (Wildman–Crippen MR) is 96.2 cm³/mol. The first-order valence-corrected chi connectivity index (χ1v) is 8.45. The minimum Gasteiger partial charge on any atom is -0.466 e. The van der Waals surface area contributed by atoms with Crippen LogP contribution in [0.4, 0.5) is 0 Å². The highest BCUT2D eigenvalue weighted by Gasteiger charge is 2.15. The lowest BCUT2D eigenvalue weighted by atomic mass is 10.1. The third-order valence-electron chi connectivity index (χ3n) is 4.04. The normalized spacial score (nSPS) is 11.1. The number of hydrogen-bond acceptors (Lipinski definition) is 7. The maximum atomic E-state index is 12.8. The van der Waals surface area contributed by atoms with Gasteiger partial charge in [-0.05, 0) is 13.0 Å². The maximum absolute atomic E-state index is 12.8. The summed E-state index contributed by atoms with van der Waals surface area (Å²) in [5.41, 5.74) is 0.838. The molecular weight excluding hydrogens is 348 g/mol. The van der Waals surface area contributed by atoms with Crippen LogP contribution in [0.2, 0.25) is 0 Å². The molecule has 0 N–H and O–H groups in total. The number of benzene rings is 1. The molecule has 27 heavy (non-hydrogen) atoms. The van der Waals surface area contributed by atoms with Gasteiger partial charge in [0, 0.05) is 17.6 Å². The topological polar surface area (TPSA) is 104 Å². The first-order chi connectivity index (χ1) is 13.2. The van der Waals surface area contributed by atoms with Gasteiger partial charge in [-0.15, -0.1) is 5.10 Å². The molecule has 9 heteroatoms.